The lowest BCUT2D eigenvalue weighted by Crippen LogP contribution is -2.43. The first-order valence-corrected chi connectivity index (χ1v) is 9.12. The van der Waals surface area contributed by atoms with Crippen molar-refractivity contribution < 1.29 is 19.1 Å². The van der Waals surface area contributed by atoms with Crippen molar-refractivity contribution in [3.05, 3.63) is 35.9 Å². The molecule has 0 radical (unpaired) electrons. The zero-order valence-corrected chi connectivity index (χ0v) is 15.1. The van der Waals surface area contributed by atoms with Crippen LogP contribution in [0.2, 0.25) is 0 Å². The number of amides is 2. The predicted octanol–water partition coefficient (Wildman–Crippen LogP) is 3.75. The van der Waals surface area contributed by atoms with Gasteiger partial charge in [-0.2, -0.15) is 0 Å². The van der Waals surface area contributed by atoms with Gasteiger partial charge in [0.25, 0.3) is 0 Å². The molecule has 1 aliphatic heterocycles. The van der Waals surface area contributed by atoms with E-state index in [-0.39, 0.29) is 30.3 Å². The maximum atomic E-state index is 12.9. The van der Waals surface area contributed by atoms with Gasteiger partial charge in [-0.1, -0.05) is 44.2 Å². The van der Waals surface area contributed by atoms with Crippen molar-refractivity contribution in [2.24, 2.45) is 5.92 Å². The van der Waals surface area contributed by atoms with Crippen LogP contribution in [0.3, 0.4) is 0 Å². The maximum Gasteiger partial charge on any atom is 0.416 e. The number of Topliss-reactive ketones (excluding diaryl/α,β-unsaturated/α-hetero) is 1. The fourth-order valence-corrected chi connectivity index (χ4v) is 3.19. The van der Waals surface area contributed by atoms with Gasteiger partial charge in [0.1, 0.15) is 12.4 Å². The number of benzene rings is 1. The van der Waals surface area contributed by atoms with Gasteiger partial charge in [-0.25, -0.2) is 9.69 Å². The zero-order valence-electron chi connectivity index (χ0n) is 15.1. The fraction of sp³-hybridized carbons (Fsp3) is 0.550. The zero-order chi connectivity index (χ0) is 18.2. The molecule has 1 aromatic carbocycles. The molecule has 2 amide bonds. The molecule has 5 heteroatoms. The Balaban J connectivity index is 2.00. The lowest BCUT2D eigenvalue weighted by atomic mass is 9.95. The van der Waals surface area contributed by atoms with Crippen LogP contribution in [-0.4, -0.2) is 35.3 Å². The predicted molar refractivity (Wildman–Crippen MR) is 95.1 cm³/mol. The third kappa shape index (κ3) is 5.15. The minimum atomic E-state index is -0.547. The van der Waals surface area contributed by atoms with Gasteiger partial charge >= 0.3 is 6.09 Å². The minimum absolute atomic E-state index is 0.171. The van der Waals surface area contributed by atoms with Gasteiger partial charge in [-0.15, -0.1) is 0 Å². The first-order valence-electron chi connectivity index (χ1n) is 9.12. The summed E-state index contributed by atoms with van der Waals surface area (Å²) >= 11 is 0. The van der Waals surface area contributed by atoms with Crippen LogP contribution in [-0.2, 0) is 20.7 Å². The average molecular weight is 345 g/mol. The first-order chi connectivity index (χ1) is 12.1. The number of nitrogens with zero attached hydrogens (tertiary/aromatic N) is 1. The average Bonchev–Trinajstić information content (AvgIpc) is 2.99. The summed E-state index contributed by atoms with van der Waals surface area (Å²) in [6, 6.07) is 9.54. The molecule has 0 aromatic heterocycles. The Labute approximate surface area is 149 Å². The summed E-state index contributed by atoms with van der Waals surface area (Å²) < 4.78 is 5.14. The summed E-state index contributed by atoms with van der Waals surface area (Å²) in [5.41, 5.74) is 1.07. The molecule has 0 spiro atoms. The van der Waals surface area contributed by atoms with Crippen LogP contribution >= 0.6 is 0 Å². The number of rotatable bonds is 9. The topological polar surface area (TPSA) is 63.7 Å². The van der Waals surface area contributed by atoms with Gasteiger partial charge in [0.2, 0.25) is 5.91 Å². The molecule has 1 heterocycles. The smallest absolute Gasteiger partial charge is 0.416 e. The molecule has 2 rings (SSSR count). The number of cyclic esters (lactones) is 1. The highest BCUT2D eigenvalue weighted by molar-refractivity contribution is 5.94. The van der Waals surface area contributed by atoms with Crippen molar-refractivity contribution in [3.8, 4) is 0 Å². The summed E-state index contributed by atoms with van der Waals surface area (Å²) in [6.07, 6.45) is 3.05. The number of hydrogen-bond donors (Lipinski definition) is 0. The largest absolute Gasteiger partial charge is 0.447 e. The third-order valence-corrected chi connectivity index (χ3v) is 4.76. The van der Waals surface area contributed by atoms with E-state index >= 15 is 0 Å². The number of carbonyl (C=O) groups is 3. The molecule has 0 unspecified atom stereocenters. The Kier molecular flexibility index (Phi) is 7.16. The second-order valence-electron chi connectivity index (χ2n) is 6.52. The lowest BCUT2D eigenvalue weighted by molar-refractivity contribution is -0.134. The van der Waals surface area contributed by atoms with Crippen LogP contribution in [0.4, 0.5) is 4.79 Å². The normalized spacial score (nSPS) is 18.1. The summed E-state index contributed by atoms with van der Waals surface area (Å²) in [7, 11) is 0. The van der Waals surface area contributed by atoms with Crippen LogP contribution in [0.1, 0.15) is 51.5 Å². The molecule has 1 saturated heterocycles. The van der Waals surface area contributed by atoms with E-state index in [0.29, 0.717) is 38.5 Å². The molecule has 136 valence electrons. The Morgan fingerprint density at radius 2 is 1.96 bits per heavy atom. The number of carbonyl (C=O) groups excluding carboxylic acids is 3. The second kappa shape index (κ2) is 9.35. The van der Waals surface area contributed by atoms with E-state index in [1.165, 1.54) is 4.90 Å². The molecule has 0 N–H and O–H groups in total. The number of ketones is 1. The van der Waals surface area contributed by atoms with Gasteiger partial charge in [0.15, 0.2) is 0 Å². The van der Waals surface area contributed by atoms with Crippen LogP contribution in [0.15, 0.2) is 30.3 Å². The van der Waals surface area contributed by atoms with E-state index < -0.39 is 6.09 Å². The van der Waals surface area contributed by atoms with Crippen molar-refractivity contribution in [3.63, 3.8) is 0 Å². The Bertz CT molecular complexity index is 599. The summed E-state index contributed by atoms with van der Waals surface area (Å²) in [4.78, 5) is 37.7. The van der Waals surface area contributed by atoms with E-state index in [9.17, 15) is 14.4 Å². The van der Waals surface area contributed by atoms with E-state index in [1.807, 2.05) is 44.2 Å². The van der Waals surface area contributed by atoms with Crippen molar-refractivity contribution in [2.45, 2.75) is 58.4 Å². The molecular formula is C20H27NO4. The molecule has 5 nitrogen and oxygen atoms in total. The van der Waals surface area contributed by atoms with E-state index in [0.717, 1.165) is 5.56 Å². The van der Waals surface area contributed by atoms with E-state index in [4.69, 9.17) is 4.74 Å². The van der Waals surface area contributed by atoms with Crippen molar-refractivity contribution in [2.75, 3.05) is 6.61 Å². The Morgan fingerprint density at radius 1 is 1.24 bits per heavy atom. The molecule has 0 bridgehead atoms. The highest BCUT2D eigenvalue weighted by atomic mass is 16.6. The fourth-order valence-electron chi connectivity index (χ4n) is 3.19. The Hall–Kier alpha value is -2.17. The molecule has 25 heavy (non-hydrogen) atoms. The molecule has 0 saturated carbocycles. The Morgan fingerprint density at radius 3 is 2.60 bits per heavy atom. The van der Waals surface area contributed by atoms with Gasteiger partial charge in [0, 0.05) is 18.8 Å². The monoisotopic (exact) mass is 345 g/mol. The maximum absolute atomic E-state index is 12.9. The summed E-state index contributed by atoms with van der Waals surface area (Å²) in [6.45, 7) is 4.03. The van der Waals surface area contributed by atoms with Gasteiger partial charge in [-0.05, 0) is 31.2 Å². The van der Waals surface area contributed by atoms with Gasteiger partial charge in [0.05, 0.1) is 6.04 Å². The van der Waals surface area contributed by atoms with Crippen molar-refractivity contribution >= 4 is 17.8 Å². The molecule has 1 aliphatic rings. The highest BCUT2D eigenvalue weighted by Crippen LogP contribution is 2.24. The summed E-state index contributed by atoms with van der Waals surface area (Å²) in [5, 5.41) is 0. The molecule has 0 aliphatic carbocycles. The molecule has 1 fully saturated rings. The SMILES string of the molecule is CCC(=O)CCC[C@@H](CC)C(=O)N1C(=O)OC[C@@H]1Cc1ccccc1. The van der Waals surface area contributed by atoms with E-state index in [2.05, 4.69) is 0 Å². The van der Waals surface area contributed by atoms with Crippen molar-refractivity contribution in [1.29, 1.82) is 0 Å². The van der Waals surface area contributed by atoms with Gasteiger partial charge < -0.3 is 4.74 Å². The summed E-state index contributed by atoms with van der Waals surface area (Å²) in [5.74, 6) is -0.201. The second-order valence-corrected chi connectivity index (χ2v) is 6.52. The van der Waals surface area contributed by atoms with E-state index in [1.54, 1.807) is 0 Å². The molecule has 1 aromatic rings. The minimum Gasteiger partial charge on any atom is -0.447 e. The number of hydrogen-bond acceptors (Lipinski definition) is 4. The third-order valence-electron chi connectivity index (χ3n) is 4.76. The van der Waals surface area contributed by atoms with Crippen molar-refractivity contribution in [1.82, 2.24) is 4.90 Å². The quantitative estimate of drug-likeness (QED) is 0.684. The standard InChI is InChI=1S/C20H27NO4/c1-3-16(11-8-12-18(22)4-2)19(23)21-17(14-25-20(21)24)13-15-9-6-5-7-10-15/h5-7,9-10,16-17H,3-4,8,11-14H2,1-2H3/t16-,17+/m1/s1. The number of ether oxygens (including phenoxy) is 1. The van der Waals surface area contributed by atoms with Crippen LogP contribution < -0.4 is 0 Å². The van der Waals surface area contributed by atoms with Crippen LogP contribution in [0, 0.1) is 5.92 Å². The molecule has 2 atom stereocenters. The highest BCUT2D eigenvalue weighted by Gasteiger charge is 2.40. The lowest BCUT2D eigenvalue weighted by Gasteiger charge is -2.24. The molecular weight excluding hydrogens is 318 g/mol. The van der Waals surface area contributed by atoms with Gasteiger partial charge in [-0.3, -0.25) is 9.59 Å². The van der Waals surface area contributed by atoms with Crippen LogP contribution in [0.25, 0.3) is 0 Å². The van der Waals surface area contributed by atoms with Crippen LogP contribution in [0.5, 0.6) is 0 Å². The number of imide groups is 1. The first kappa shape index (κ1) is 19.2.